The minimum atomic E-state index is -0.401. The normalized spacial score (nSPS) is 9.76. The molecule has 0 aliphatic heterocycles. The first kappa shape index (κ1) is 13.2. The zero-order valence-corrected chi connectivity index (χ0v) is 9.86. The zero-order valence-electron chi connectivity index (χ0n) is 9.86. The van der Waals surface area contributed by atoms with Crippen molar-refractivity contribution in [3.05, 3.63) is 29.8 Å². The number of methoxy groups -OCH3 is 2. The summed E-state index contributed by atoms with van der Waals surface area (Å²) in [4.78, 5) is 22.5. The van der Waals surface area contributed by atoms with Crippen LogP contribution in [0.15, 0.2) is 24.3 Å². The molecule has 0 atom stereocenters. The third-order valence-electron chi connectivity index (χ3n) is 2.12. The van der Waals surface area contributed by atoms with Crippen molar-refractivity contribution in [2.45, 2.75) is 6.42 Å². The van der Waals surface area contributed by atoms with Gasteiger partial charge in [-0.2, -0.15) is 0 Å². The Kier molecular flexibility index (Phi) is 5.16. The molecule has 1 rings (SSSR count). The van der Waals surface area contributed by atoms with Gasteiger partial charge in [0.15, 0.2) is 0 Å². The van der Waals surface area contributed by atoms with Crippen molar-refractivity contribution in [2.75, 3.05) is 26.1 Å². The number of benzene rings is 1. The summed E-state index contributed by atoms with van der Waals surface area (Å²) < 4.78 is 9.36. The molecule has 0 saturated heterocycles. The van der Waals surface area contributed by atoms with Gasteiger partial charge in [0, 0.05) is 12.8 Å². The Bertz CT molecular complexity index is 386. The first-order chi connectivity index (χ1) is 8.17. The number of amides is 1. The third-order valence-corrected chi connectivity index (χ3v) is 2.12. The molecule has 17 heavy (non-hydrogen) atoms. The smallest absolute Gasteiger partial charge is 0.337 e. The molecule has 0 heterocycles. The number of anilines is 1. The summed E-state index contributed by atoms with van der Waals surface area (Å²) in [5.41, 5.74) is 1.08. The van der Waals surface area contributed by atoms with E-state index in [1.807, 2.05) is 0 Å². The van der Waals surface area contributed by atoms with Gasteiger partial charge in [-0.05, 0) is 24.3 Å². The van der Waals surface area contributed by atoms with Crippen LogP contribution < -0.4 is 5.32 Å². The second-order valence-corrected chi connectivity index (χ2v) is 3.36. The van der Waals surface area contributed by atoms with Gasteiger partial charge in [0.05, 0.1) is 25.7 Å². The molecule has 0 fully saturated rings. The molecule has 1 amide bonds. The van der Waals surface area contributed by atoms with E-state index in [2.05, 4.69) is 10.1 Å². The van der Waals surface area contributed by atoms with Crippen LogP contribution in [0.4, 0.5) is 5.69 Å². The van der Waals surface area contributed by atoms with Crippen LogP contribution in [0.3, 0.4) is 0 Å². The number of ether oxygens (including phenoxy) is 2. The van der Waals surface area contributed by atoms with Crippen molar-refractivity contribution >= 4 is 17.6 Å². The fraction of sp³-hybridized carbons (Fsp3) is 0.333. The molecule has 0 saturated carbocycles. The number of nitrogens with one attached hydrogen (secondary N) is 1. The van der Waals surface area contributed by atoms with Crippen molar-refractivity contribution in [2.24, 2.45) is 0 Å². The molecule has 0 aliphatic carbocycles. The zero-order chi connectivity index (χ0) is 12.7. The number of esters is 1. The summed E-state index contributed by atoms with van der Waals surface area (Å²) in [6.45, 7) is 0.381. The second kappa shape index (κ2) is 6.65. The van der Waals surface area contributed by atoms with Gasteiger partial charge >= 0.3 is 5.97 Å². The van der Waals surface area contributed by atoms with Crippen molar-refractivity contribution in [3.63, 3.8) is 0 Å². The van der Waals surface area contributed by atoms with E-state index in [1.165, 1.54) is 7.11 Å². The maximum Gasteiger partial charge on any atom is 0.337 e. The quantitative estimate of drug-likeness (QED) is 0.787. The highest BCUT2D eigenvalue weighted by atomic mass is 16.5. The molecule has 0 bridgehead atoms. The van der Waals surface area contributed by atoms with Crippen LogP contribution in [-0.2, 0) is 14.3 Å². The number of hydrogen-bond donors (Lipinski definition) is 1. The lowest BCUT2D eigenvalue weighted by Gasteiger charge is -2.05. The molecule has 1 aromatic rings. The van der Waals surface area contributed by atoms with Crippen LogP contribution in [-0.4, -0.2) is 32.7 Å². The van der Waals surface area contributed by atoms with E-state index in [4.69, 9.17) is 4.74 Å². The topological polar surface area (TPSA) is 64.6 Å². The maximum atomic E-state index is 11.4. The largest absolute Gasteiger partial charge is 0.465 e. The van der Waals surface area contributed by atoms with Gasteiger partial charge in [-0.15, -0.1) is 0 Å². The van der Waals surface area contributed by atoms with Gasteiger partial charge in [0.1, 0.15) is 0 Å². The van der Waals surface area contributed by atoms with Gasteiger partial charge in [-0.25, -0.2) is 4.79 Å². The molecule has 0 spiro atoms. The predicted octanol–water partition coefficient (Wildman–Crippen LogP) is 1.45. The molecule has 5 nitrogen and oxygen atoms in total. The monoisotopic (exact) mass is 237 g/mol. The molecule has 1 aromatic carbocycles. The first-order valence-corrected chi connectivity index (χ1v) is 5.14. The molecule has 0 radical (unpaired) electrons. The number of hydrogen-bond acceptors (Lipinski definition) is 4. The average molecular weight is 237 g/mol. The lowest BCUT2D eigenvalue weighted by atomic mass is 10.2. The Morgan fingerprint density at radius 3 is 2.35 bits per heavy atom. The Hall–Kier alpha value is -1.88. The van der Waals surface area contributed by atoms with Crippen molar-refractivity contribution in [3.8, 4) is 0 Å². The van der Waals surface area contributed by atoms with Gasteiger partial charge in [-0.1, -0.05) is 0 Å². The highest BCUT2D eigenvalue weighted by Gasteiger charge is 2.05. The summed E-state index contributed by atoms with van der Waals surface area (Å²) in [7, 11) is 2.86. The summed E-state index contributed by atoms with van der Waals surface area (Å²) in [5, 5.41) is 2.69. The SMILES string of the molecule is COCCC(=O)Nc1ccc(C(=O)OC)cc1. The van der Waals surface area contributed by atoms with E-state index in [0.29, 0.717) is 24.3 Å². The fourth-order valence-electron chi connectivity index (χ4n) is 1.23. The standard InChI is InChI=1S/C12H15NO4/c1-16-8-7-11(14)13-10-5-3-9(4-6-10)12(15)17-2/h3-6H,7-8H2,1-2H3,(H,13,14). The molecular weight excluding hydrogens is 222 g/mol. The molecule has 5 heteroatoms. The molecule has 0 aliphatic rings. The van der Waals surface area contributed by atoms with Crippen LogP contribution in [0.2, 0.25) is 0 Å². The minimum absolute atomic E-state index is 0.127. The summed E-state index contributed by atoms with van der Waals surface area (Å²) in [6.07, 6.45) is 0.301. The van der Waals surface area contributed by atoms with Gasteiger partial charge < -0.3 is 14.8 Å². The van der Waals surface area contributed by atoms with Crippen molar-refractivity contribution in [1.82, 2.24) is 0 Å². The number of carbonyl (C=O) groups excluding carboxylic acids is 2. The molecule has 92 valence electrons. The lowest BCUT2D eigenvalue weighted by Crippen LogP contribution is -2.13. The highest BCUT2D eigenvalue weighted by molar-refractivity contribution is 5.93. The van der Waals surface area contributed by atoms with E-state index in [0.717, 1.165) is 0 Å². The average Bonchev–Trinajstić information content (AvgIpc) is 2.36. The third kappa shape index (κ3) is 4.24. The van der Waals surface area contributed by atoms with E-state index in [-0.39, 0.29) is 5.91 Å². The van der Waals surface area contributed by atoms with Crippen molar-refractivity contribution < 1.29 is 19.1 Å². The van der Waals surface area contributed by atoms with E-state index in [9.17, 15) is 9.59 Å². The highest BCUT2D eigenvalue weighted by Crippen LogP contribution is 2.10. The van der Waals surface area contributed by atoms with Crippen LogP contribution in [0.25, 0.3) is 0 Å². The lowest BCUT2D eigenvalue weighted by molar-refractivity contribution is -0.117. The second-order valence-electron chi connectivity index (χ2n) is 3.36. The summed E-state index contributed by atoms with van der Waals surface area (Å²) in [5.74, 6) is -0.528. The van der Waals surface area contributed by atoms with Gasteiger partial charge in [-0.3, -0.25) is 4.79 Å². The van der Waals surface area contributed by atoms with Gasteiger partial charge in [0.2, 0.25) is 5.91 Å². The molecule has 1 N–H and O–H groups in total. The summed E-state index contributed by atoms with van der Waals surface area (Å²) in [6, 6.07) is 6.49. The summed E-state index contributed by atoms with van der Waals surface area (Å²) >= 11 is 0. The predicted molar refractivity (Wildman–Crippen MR) is 62.9 cm³/mol. The van der Waals surface area contributed by atoms with Crippen LogP contribution in [0, 0.1) is 0 Å². The van der Waals surface area contributed by atoms with Gasteiger partial charge in [0.25, 0.3) is 0 Å². The molecule has 0 aromatic heterocycles. The molecule has 0 unspecified atom stereocenters. The Morgan fingerprint density at radius 1 is 1.18 bits per heavy atom. The van der Waals surface area contributed by atoms with Crippen LogP contribution in [0.5, 0.6) is 0 Å². The number of carbonyl (C=O) groups is 2. The Morgan fingerprint density at radius 2 is 1.82 bits per heavy atom. The fourth-order valence-corrected chi connectivity index (χ4v) is 1.23. The van der Waals surface area contributed by atoms with Crippen LogP contribution in [0.1, 0.15) is 16.8 Å². The Balaban J connectivity index is 2.56. The molecular formula is C12H15NO4. The van der Waals surface area contributed by atoms with E-state index in [1.54, 1.807) is 31.4 Å². The van der Waals surface area contributed by atoms with E-state index < -0.39 is 5.97 Å². The van der Waals surface area contributed by atoms with Crippen molar-refractivity contribution in [1.29, 1.82) is 0 Å². The maximum absolute atomic E-state index is 11.4. The number of rotatable bonds is 5. The minimum Gasteiger partial charge on any atom is -0.465 e. The first-order valence-electron chi connectivity index (χ1n) is 5.14. The van der Waals surface area contributed by atoms with E-state index >= 15 is 0 Å². The Labute approximate surface area is 99.7 Å². The van der Waals surface area contributed by atoms with Crippen LogP contribution >= 0.6 is 0 Å².